The molecule has 0 aliphatic carbocycles. The molecule has 86 valence electrons. The zero-order chi connectivity index (χ0) is 11.2. The van der Waals surface area contributed by atoms with Gasteiger partial charge in [-0.2, -0.15) is 0 Å². The van der Waals surface area contributed by atoms with Gasteiger partial charge in [0.25, 0.3) is 0 Å². The molecule has 6 heteroatoms. The topological polar surface area (TPSA) is 66.4 Å². The Labute approximate surface area is 90.7 Å². The molecule has 0 rings (SSSR count). The van der Waals surface area contributed by atoms with Crippen molar-refractivity contribution in [3.8, 4) is 0 Å². The summed E-state index contributed by atoms with van der Waals surface area (Å²) < 4.78 is 24.7. The zero-order valence-corrected chi connectivity index (χ0v) is 10.2. The molecule has 0 saturated heterocycles. The lowest BCUT2D eigenvalue weighted by Gasteiger charge is -2.25. The quantitative estimate of drug-likeness (QED) is 0.647. The van der Waals surface area contributed by atoms with Crippen LogP contribution in [0.15, 0.2) is 0 Å². The Bertz CT molecular complexity index is 249. The van der Waals surface area contributed by atoms with Crippen molar-refractivity contribution in [2.75, 3.05) is 18.2 Å². The fourth-order valence-electron chi connectivity index (χ4n) is 0.918. The van der Waals surface area contributed by atoms with E-state index in [0.717, 1.165) is 0 Å². The van der Waals surface area contributed by atoms with Gasteiger partial charge in [-0.3, -0.25) is 0 Å². The Morgan fingerprint density at radius 2 is 1.86 bits per heavy atom. The highest BCUT2D eigenvalue weighted by atomic mass is 35.5. The molecular formula is C8H18ClNO3S. The number of aliphatic hydroxyl groups is 1. The summed E-state index contributed by atoms with van der Waals surface area (Å²) in [5.41, 5.74) is -0.945. The van der Waals surface area contributed by atoms with E-state index in [4.69, 9.17) is 11.6 Å². The molecule has 14 heavy (non-hydrogen) atoms. The summed E-state index contributed by atoms with van der Waals surface area (Å²) in [5, 5.41) is 9.80. The first-order chi connectivity index (χ1) is 6.39. The van der Waals surface area contributed by atoms with Gasteiger partial charge in [0, 0.05) is 12.4 Å². The Hall–Kier alpha value is 0.160. The second-order valence-electron chi connectivity index (χ2n) is 3.26. The fraction of sp³-hybridized carbons (Fsp3) is 1.00. The Morgan fingerprint density at radius 1 is 1.36 bits per heavy atom. The van der Waals surface area contributed by atoms with Crippen molar-refractivity contribution in [2.45, 2.75) is 32.3 Å². The maximum Gasteiger partial charge on any atom is 0.212 e. The van der Waals surface area contributed by atoms with Crippen molar-refractivity contribution >= 4 is 21.6 Å². The van der Waals surface area contributed by atoms with E-state index in [-0.39, 0.29) is 18.2 Å². The minimum absolute atomic E-state index is 0.0548. The number of sulfonamides is 1. The molecule has 0 aromatic rings. The smallest absolute Gasteiger partial charge is 0.212 e. The minimum atomic E-state index is -3.33. The van der Waals surface area contributed by atoms with Crippen molar-refractivity contribution in [3.05, 3.63) is 0 Å². The van der Waals surface area contributed by atoms with Crippen LogP contribution in [0.2, 0.25) is 0 Å². The second-order valence-corrected chi connectivity index (χ2v) is 5.56. The summed E-state index contributed by atoms with van der Waals surface area (Å²) >= 11 is 5.32. The Morgan fingerprint density at radius 3 is 2.21 bits per heavy atom. The summed E-state index contributed by atoms with van der Waals surface area (Å²) in [4.78, 5) is 0. The molecule has 0 radical (unpaired) electrons. The van der Waals surface area contributed by atoms with Crippen LogP contribution in [0.3, 0.4) is 0 Å². The van der Waals surface area contributed by atoms with E-state index < -0.39 is 15.6 Å². The highest BCUT2D eigenvalue weighted by Crippen LogP contribution is 2.13. The molecular weight excluding hydrogens is 226 g/mol. The summed E-state index contributed by atoms with van der Waals surface area (Å²) in [7, 11) is -3.33. The average Bonchev–Trinajstić information content (AvgIpc) is 2.14. The fourth-order valence-corrected chi connectivity index (χ4v) is 2.36. The molecule has 0 saturated carbocycles. The van der Waals surface area contributed by atoms with Gasteiger partial charge in [0.05, 0.1) is 11.4 Å². The van der Waals surface area contributed by atoms with E-state index in [1.165, 1.54) is 0 Å². The molecule has 0 fully saturated rings. The van der Waals surface area contributed by atoms with E-state index in [0.29, 0.717) is 12.8 Å². The molecule has 4 nitrogen and oxygen atoms in total. The van der Waals surface area contributed by atoms with E-state index in [2.05, 4.69) is 4.72 Å². The van der Waals surface area contributed by atoms with Crippen LogP contribution >= 0.6 is 11.6 Å². The lowest BCUT2D eigenvalue weighted by atomic mass is 9.98. The van der Waals surface area contributed by atoms with Gasteiger partial charge in [-0.1, -0.05) is 13.8 Å². The van der Waals surface area contributed by atoms with Gasteiger partial charge in [-0.15, -0.1) is 11.6 Å². The maximum atomic E-state index is 11.2. The van der Waals surface area contributed by atoms with Crippen LogP contribution in [0.1, 0.15) is 26.7 Å². The lowest BCUT2D eigenvalue weighted by molar-refractivity contribution is 0.0377. The van der Waals surface area contributed by atoms with Crippen LogP contribution in [0, 0.1) is 0 Å². The summed E-state index contributed by atoms with van der Waals surface area (Å²) in [6.45, 7) is 3.69. The van der Waals surface area contributed by atoms with E-state index in [1.807, 2.05) is 13.8 Å². The van der Waals surface area contributed by atoms with Crippen LogP contribution in [-0.4, -0.2) is 37.3 Å². The molecule has 0 bridgehead atoms. The van der Waals surface area contributed by atoms with Gasteiger partial charge in [0.15, 0.2) is 0 Å². The first-order valence-electron chi connectivity index (χ1n) is 4.65. The zero-order valence-electron chi connectivity index (χ0n) is 8.59. The van der Waals surface area contributed by atoms with Crippen LogP contribution in [-0.2, 0) is 10.0 Å². The summed E-state index contributed by atoms with van der Waals surface area (Å²) in [6.07, 6.45) is 1.04. The molecule has 2 N–H and O–H groups in total. The van der Waals surface area contributed by atoms with Crippen molar-refractivity contribution in [1.29, 1.82) is 0 Å². The lowest BCUT2D eigenvalue weighted by Crippen LogP contribution is -2.42. The number of nitrogens with one attached hydrogen (secondary N) is 1. The van der Waals surface area contributed by atoms with Gasteiger partial charge in [0.2, 0.25) is 10.0 Å². The third kappa shape index (κ3) is 5.14. The molecule has 0 amide bonds. The number of hydrogen-bond acceptors (Lipinski definition) is 3. The number of alkyl halides is 1. The van der Waals surface area contributed by atoms with Crippen LogP contribution in [0.25, 0.3) is 0 Å². The predicted octanol–water partition coefficient (Wildman–Crippen LogP) is 0.696. The van der Waals surface area contributed by atoms with Gasteiger partial charge < -0.3 is 5.11 Å². The molecule has 0 atom stereocenters. The largest absolute Gasteiger partial charge is 0.389 e. The molecule has 0 aromatic heterocycles. The average molecular weight is 244 g/mol. The monoisotopic (exact) mass is 243 g/mol. The number of rotatable bonds is 7. The highest BCUT2D eigenvalue weighted by Gasteiger charge is 2.24. The molecule has 0 heterocycles. The van der Waals surface area contributed by atoms with Crippen LogP contribution in [0.4, 0.5) is 0 Å². The normalized spacial score (nSPS) is 13.1. The number of halogens is 1. The van der Waals surface area contributed by atoms with Crippen molar-refractivity contribution in [3.63, 3.8) is 0 Å². The molecule has 0 spiro atoms. The first-order valence-corrected chi connectivity index (χ1v) is 6.83. The Kier molecular flexibility index (Phi) is 5.97. The van der Waals surface area contributed by atoms with E-state index in [9.17, 15) is 13.5 Å². The molecule has 0 unspecified atom stereocenters. The maximum absolute atomic E-state index is 11.2. The highest BCUT2D eigenvalue weighted by molar-refractivity contribution is 7.89. The standard InChI is InChI=1S/C8H18ClNO3S/c1-3-8(11,4-2)7-10-14(12,13)6-5-9/h10-11H,3-7H2,1-2H3. The van der Waals surface area contributed by atoms with Gasteiger partial charge in [-0.25, -0.2) is 13.1 Å². The van der Waals surface area contributed by atoms with Crippen molar-refractivity contribution in [1.82, 2.24) is 4.72 Å². The summed E-state index contributed by atoms with van der Waals surface area (Å²) in [5.74, 6) is -0.0515. The third-order valence-electron chi connectivity index (χ3n) is 2.28. The van der Waals surface area contributed by atoms with Crippen LogP contribution in [0.5, 0.6) is 0 Å². The van der Waals surface area contributed by atoms with Gasteiger partial charge in [0.1, 0.15) is 0 Å². The van der Waals surface area contributed by atoms with Crippen LogP contribution < -0.4 is 4.72 Å². The Balaban J connectivity index is 4.16. The SMILES string of the molecule is CCC(O)(CC)CNS(=O)(=O)CCCl. The van der Waals surface area contributed by atoms with Crippen molar-refractivity contribution in [2.24, 2.45) is 0 Å². The predicted molar refractivity (Wildman–Crippen MR) is 58.0 cm³/mol. The van der Waals surface area contributed by atoms with Gasteiger partial charge >= 0.3 is 0 Å². The third-order valence-corrected chi connectivity index (χ3v) is 4.02. The number of hydrogen-bond donors (Lipinski definition) is 2. The molecule has 0 aromatic carbocycles. The van der Waals surface area contributed by atoms with E-state index in [1.54, 1.807) is 0 Å². The van der Waals surface area contributed by atoms with Crippen molar-refractivity contribution < 1.29 is 13.5 Å². The van der Waals surface area contributed by atoms with E-state index >= 15 is 0 Å². The molecule has 0 aliphatic heterocycles. The summed E-state index contributed by atoms with van der Waals surface area (Å²) in [6, 6.07) is 0. The van der Waals surface area contributed by atoms with Gasteiger partial charge in [-0.05, 0) is 12.8 Å². The first kappa shape index (κ1) is 14.2. The minimum Gasteiger partial charge on any atom is -0.389 e. The second kappa shape index (κ2) is 5.90. The molecule has 0 aliphatic rings.